The number of aromatic nitrogens is 3. The molecule has 1 aromatic carbocycles. The number of benzene rings is 1. The van der Waals surface area contributed by atoms with E-state index in [0.717, 1.165) is 19.4 Å². The van der Waals surface area contributed by atoms with E-state index in [1.165, 1.54) is 23.9 Å². The second-order valence-corrected chi connectivity index (χ2v) is 7.94. The van der Waals surface area contributed by atoms with Gasteiger partial charge in [-0.05, 0) is 37.1 Å². The third kappa shape index (κ3) is 5.30. The Morgan fingerprint density at radius 2 is 2.13 bits per heavy atom. The molecule has 1 atom stereocenters. The van der Waals surface area contributed by atoms with E-state index in [-0.39, 0.29) is 23.5 Å². The van der Waals surface area contributed by atoms with Crippen LogP contribution >= 0.6 is 11.8 Å². The summed E-state index contributed by atoms with van der Waals surface area (Å²) in [7, 11) is 0. The molecule has 1 unspecified atom stereocenters. The number of nitrogens with zero attached hydrogens (tertiary/aromatic N) is 4. The summed E-state index contributed by atoms with van der Waals surface area (Å²) in [5, 5.41) is 22.9. The van der Waals surface area contributed by atoms with Crippen molar-refractivity contribution in [1.29, 1.82) is 0 Å². The molecule has 11 heteroatoms. The average molecular weight is 443 g/mol. The van der Waals surface area contributed by atoms with Crippen molar-refractivity contribution in [3.63, 3.8) is 0 Å². The molecule has 1 saturated heterocycles. The minimum Gasteiger partial charge on any atom is -0.467 e. The zero-order chi connectivity index (χ0) is 21.6. The number of hydrogen-bond donors (Lipinski definition) is 1. The van der Waals surface area contributed by atoms with Crippen molar-refractivity contribution in [3.8, 4) is 11.4 Å². The fraction of sp³-hybridized carbons (Fsp3) is 0.350. The number of carbonyl (C=O) groups excluding carboxylic acids is 1. The first-order valence-electron chi connectivity index (χ1n) is 9.81. The van der Waals surface area contributed by atoms with Crippen molar-refractivity contribution < 1.29 is 18.9 Å². The predicted octanol–water partition coefficient (Wildman–Crippen LogP) is 3.03. The summed E-state index contributed by atoms with van der Waals surface area (Å²) in [6.45, 7) is 1.59. The third-order valence-corrected chi connectivity index (χ3v) is 5.80. The highest BCUT2D eigenvalue weighted by Gasteiger charge is 2.22. The second-order valence-electron chi connectivity index (χ2n) is 7.00. The van der Waals surface area contributed by atoms with Crippen LogP contribution < -0.4 is 5.32 Å². The minimum atomic E-state index is -0.441. The van der Waals surface area contributed by atoms with E-state index in [1.54, 1.807) is 30.5 Å². The van der Waals surface area contributed by atoms with E-state index in [1.807, 2.05) is 4.57 Å². The summed E-state index contributed by atoms with van der Waals surface area (Å²) in [6.07, 6.45) is 3.53. The van der Waals surface area contributed by atoms with Crippen molar-refractivity contribution in [3.05, 3.63) is 58.5 Å². The number of hydrogen-bond acceptors (Lipinski definition) is 8. The molecule has 4 rings (SSSR count). The van der Waals surface area contributed by atoms with E-state index < -0.39 is 4.92 Å². The van der Waals surface area contributed by atoms with E-state index in [0.29, 0.717) is 35.4 Å². The molecular weight excluding hydrogens is 422 g/mol. The van der Waals surface area contributed by atoms with Gasteiger partial charge in [0, 0.05) is 24.3 Å². The summed E-state index contributed by atoms with van der Waals surface area (Å²) in [5.41, 5.74) is 0.724. The predicted molar refractivity (Wildman–Crippen MR) is 112 cm³/mol. The van der Waals surface area contributed by atoms with Crippen LogP contribution in [0.25, 0.3) is 11.4 Å². The molecule has 0 spiro atoms. The van der Waals surface area contributed by atoms with E-state index in [9.17, 15) is 14.9 Å². The number of nitro benzene ring substituents is 1. The molecule has 1 aliphatic heterocycles. The lowest BCUT2D eigenvalue weighted by Crippen LogP contribution is -2.24. The number of rotatable bonds is 9. The summed E-state index contributed by atoms with van der Waals surface area (Å²) in [6, 6.07) is 9.74. The fourth-order valence-electron chi connectivity index (χ4n) is 3.28. The van der Waals surface area contributed by atoms with Gasteiger partial charge in [0.05, 0.1) is 36.1 Å². The number of ether oxygens (including phenoxy) is 1. The first kappa shape index (κ1) is 21.1. The monoisotopic (exact) mass is 443 g/mol. The lowest BCUT2D eigenvalue weighted by molar-refractivity contribution is -0.384. The van der Waals surface area contributed by atoms with Gasteiger partial charge >= 0.3 is 0 Å². The number of non-ortho nitro benzene ring substituents is 1. The SMILES string of the molecule is O=C(CSc1nnc(-c2ccc([N+](=O)[O-])cc2)n1CC1CCCO1)NCc1ccco1. The van der Waals surface area contributed by atoms with Crippen LogP contribution in [0.4, 0.5) is 5.69 Å². The highest BCUT2D eigenvalue weighted by Crippen LogP contribution is 2.27. The second kappa shape index (κ2) is 9.75. The van der Waals surface area contributed by atoms with Crippen LogP contribution in [0.1, 0.15) is 18.6 Å². The normalized spacial score (nSPS) is 15.8. The lowest BCUT2D eigenvalue weighted by Gasteiger charge is -2.14. The smallest absolute Gasteiger partial charge is 0.269 e. The maximum absolute atomic E-state index is 12.2. The van der Waals surface area contributed by atoms with Gasteiger partial charge in [-0.1, -0.05) is 11.8 Å². The van der Waals surface area contributed by atoms with E-state index in [4.69, 9.17) is 9.15 Å². The number of thioether (sulfide) groups is 1. The molecule has 3 heterocycles. The van der Waals surface area contributed by atoms with Gasteiger partial charge in [0.25, 0.3) is 5.69 Å². The Hall–Kier alpha value is -3.18. The first-order chi connectivity index (χ1) is 15.1. The van der Waals surface area contributed by atoms with Gasteiger partial charge in [-0.3, -0.25) is 19.5 Å². The van der Waals surface area contributed by atoms with Gasteiger partial charge in [0.1, 0.15) is 5.76 Å². The van der Waals surface area contributed by atoms with Crippen molar-refractivity contribution in [1.82, 2.24) is 20.1 Å². The fourth-order valence-corrected chi connectivity index (χ4v) is 4.06. The molecule has 162 valence electrons. The largest absolute Gasteiger partial charge is 0.467 e. The third-order valence-electron chi connectivity index (χ3n) is 4.84. The number of furan rings is 1. The molecule has 1 N–H and O–H groups in total. The average Bonchev–Trinajstić information content (AvgIpc) is 3.54. The van der Waals surface area contributed by atoms with E-state index >= 15 is 0 Å². The van der Waals surface area contributed by atoms with Gasteiger partial charge in [0.2, 0.25) is 5.91 Å². The van der Waals surface area contributed by atoms with Crippen molar-refractivity contribution in [2.75, 3.05) is 12.4 Å². The van der Waals surface area contributed by atoms with Gasteiger partial charge < -0.3 is 14.5 Å². The van der Waals surface area contributed by atoms with Gasteiger partial charge in [-0.15, -0.1) is 10.2 Å². The molecule has 1 fully saturated rings. The zero-order valence-electron chi connectivity index (χ0n) is 16.6. The summed E-state index contributed by atoms with van der Waals surface area (Å²) < 4.78 is 12.9. The van der Waals surface area contributed by atoms with Crippen LogP contribution in [-0.4, -0.2) is 44.1 Å². The molecule has 1 amide bonds. The Labute approximate surface area is 182 Å². The standard InChI is InChI=1S/C20H21N5O5S/c26-18(21-11-16-3-1-9-29-16)13-31-20-23-22-19(24(20)12-17-4-2-10-30-17)14-5-7-15(8-6-14)25(27)28/h1,3,5-9,17H,2,4,10-13H2,(H,21,26). The number of nitrogens with one attached hydrogen (secondary N) is 1. The Bertz CT molecular complexity index is 1030. The Morgan fingerprint density at radius 3 is 2.81 bits per heavy atom. The topological polar surface area (TPSA) is 125 Å². The van der Waals surface area contributed by atoms with Crippen LogP contribution in [0.2, 0.25) is 0 Å². The summed E-state index contributed by atoms with van der Waals surface area (Å²) >= 11 is 1.28. The molecule has 0 bridgehead atoms. The van der Waals surface area contributed by atoms with Gasteiger partial charge in [0.15, 0.2) is 11.0 Å². The lowest BCUT2D eigenvalue weighted by atomic mass is 10.2. The van der Waals surface area contributed by atoms with Crippen molar-refractivity contribution in [2.45, 2.75) is 37.2 Å². The Balaban J connectivity index is 1.48. The summed E-state index contributed by atoms with van der Waals surface area (Å²) in [4.78, 5) is 22.7. The van der Waals surface area contributed by atoms with Crippen molar-refractivity contribution >= 4 is 23.4 Å². The highest BCUT2D eigenvalue weighted by atomic mass is 32.2. The maximum Gasteiger partial charge on any atom is 0.269 e. The molecule has 31 heavy (non-hydrogen) atoms. The van der Waals surface area contributed by atoms with Crippen molar-refractivity contribution in [2.24, 2.45) is 0 Å². The molecule has 0 aliphatic carbocycles. The first-order valence-corrected chi connectivity index (χ1v) is 10.8. The Kier molecular flexibility index (Phi) is 6.63. The van der Waals surface area contributed by atoms with Gasteiger partial charge in [-0.2, -0.15) is 0 Å². The molecule has 10 nitrogen and oxygen atoms in total. The number of carbonyl (C=O) groups is 1. The maximum atomic E-state index is 12.2. The molecule has 2 aromatic heterocycles. The zero-order valence-corrected chi connectivity index (χ0v) is 17.4. The molecule has 1 aliphatic rings. The molecule has 3 aromatic rings. The van der Waals surface area contributed by atoms with Crippen LogP contribution in [0.5, 0.6) is 0 Å². The minimum absolute atomic E-state index is 0.0109. The van der Waals surface area contributed by atoms with Gasteiger partial charge in [-0.25, -0.2) is 0 Å². The quantitative estimate of drug-likeness (QED) is 0.304. The van der Waals surface area contributed by atoms with Crippen LogP contribution in [-0.2, 0) is 22.6 Å². The highest BCUT2D eigenvalue weighted by molar-refractivity contribution is 7.99. The van der Waals surface area contributed by atoms with Crippen LogP contribution in [0.3, 0.4) is 0 Å². The van der Waals surface area contributed by atoms with E-state index in [2.05, 4.69) is 15.5 Å². The Morgan fingerprint density at radius 1 is 1.29 bits per heavy atom. The number of nitro groups is 1. The van der Waals surface area contributed by atoms with Crippen LogP contribution in [0, 0.1) is 10.1 Å². The molecule has 0 radical (unpaired) electrons. The van der Waals surface area contributed by atoms with Crippen LogP contribution in [0.15, 0.2) is 52.2 Å². The molecule has 0 saturated carbocycles. The number of amides is 1. The molecular formula is C20H21N5O5S. The summed E-state index contributed by atoms with van der Waals surface area (Å²) in [5.74, 6) is 1.29.